The molecule has 37 heavy (non-hydrogen) atoms. The fourth-order valence-corrected chi connectivity index (χ4v) is 5.84. The summed E-state index contributed by atoms with van der Waals surface area (Å²) in [6.45, 7) is 4.00. The van der Waals surface area contributed by atoms with Crippen LogP contribution < -0.4 is 10.5 Å². The van der Waals surface area contributed by atoms with Gasteiger partial charge in [0.25, 0.3) is 0 Å². The standard InChI is InChI=1S/C28H29F3N2O3S/c1-19(2)33-15-13-24(25-11-5-12-26(27(25)33)28(29,30)31)20-7-3-8-21(17-20)36-22-9-4-10-23(18-22)37(34,35)16-6-14-32/h3-5,7-13,15,17-19,27H,6,14,16,32H2,1-2H3. The van der Waals surface area contributed by atoms with Crippen molar-refractivity contribution in [3.8, 4) is 11.5 Å². The van der Waals surface area contributed by atoms with E-state index in [0.29, 0.717) is 34.6 Å². The molecule has 0 bridgehead atoms. The summed E-state index contributed by atoms with van der Waals surface area (Å²) in [7, 11) is -3.49. The maximum absolute atomic E-state index is 13.9. The molecular weight excluding hydrogens is 501 g/mol. The first-order chi connectivity index (χ1) is 17.5. The molecule has 1 atom stereocenters. The van der Waals surface area contributed by atoms with Crippen LogP contribution in [0.15, 0.2) is 95.1 Å². The number of hydrogen-bond acceptors (Lipinski definition) is 5. The topological polar surface area (TPSA) is 72.6 Å². The molecule has 2 aliphatic rings. The zero-order valence-corrected chi connectivity index (χ0v) is 21.4. The lowest BCUT2D eigenvalue weighted by Gasteiger charge is -2.41. The molecule has 0 spiro atoms. The van der Waals surface area contributed by atoms with Gasteiger partial charge in [-0.1, -0.05) is 36.4 Å². The number of hydrogen-bond donors (Lipinski definition) is 1. The number of allylic oxidation sites excluding steroid dienone is 4. The second kappa shape index (κ2) is 10.6. The van der Waals surface area contributed by atoms with Crippen molar-refractivity contribution in [3.05, 3.63) is 95.7 Å². The van der Waals surface area contributed by atoms with Crippen LogP contribution >= 0.6 is 0 Å². The Kier molecular flexibility index (Phi) is 7.66. The molecule has 1 heterocycles. The van der Waals surface area contributed by atoms with Crippen LogP contribution in [0.2, 0.25) is 0 Å². The van der Waals surface area contributed by atoms with E-state index in [1.54, 1.807) is 47.5 Å². The van der Waals surface area contributed by atoms with E-state index < -0.39 is 27.6 Å². The van der Waals surface area contributed by atoms with E-state index in [4.69, 9.17) is 10.5 Å². The number of nitrogens with zero attached hydrogens (tertiary/aromatic N) is 1. The van der Waals surface area contributed by atoms with E-state index in [2.05, 4.69) is 0 Å². The fraction of sp³-hybridized carbons (Fsp3) is 0.286. The maximum atomic E-state index is 13.9. The van der Waals surface area contributed by atoms with Gasteiger partial charge in [-0.2, -0.15) is 13.2 Å². The van der Waals surface area contributed by atoms with Gasteiger partial charge in [0.1, 0.15) is 11.5 Å². The molecule has 4 rings (SSSR count). The monoisotopic (exact) mass is 530 g/mol. The zero-order valence-electron chi connectivity index (χ0n) is 20.6. The summed E-state index contributed by atoms with van der Waals surface area (Å²) >= 11 is 0. The number of benzene rings is 2. The molecule has 0 aromatic heterocycles. The molecule has 9 heteroatoms. The summed E-state index contributed by atoms with van der Waals surface area (Å²) < 4.78 is 72.8. The second-order valence-electron chi connectivity index (χ2n) is 9.17. The normalized spacial score (nSPS) is 17.8. The summed E-state index contributed by atoms with van der Waals surface area (Å²) in [4.78, 5) is 1.85. The lowest BCUT2D eigenvalue weighted by Crippen LogP contribution is -2.44. The Morgan fingerprint density at radius 3 is 2.43 bits per heavy atom. The lowest BCUT2D eigenvalue weighted by molar-refractivity contribution is -0.0991. The molecular formula is C28H29F3N2O3S. The van der Waals surface area contributed by atoms with Gasteiger partial charge in [-0.25, -0.2) is 8.42 Å². The highest BCUT2D eigenvalue weighted by molar-refractivity contribution is 7.91. The van der Waals surface area contributed by atoms with Crippen molar-refractivity contribution in [2.24, 2.45) is 5.73 Å². The molecule has 0 amide bonds. The van der Waals surface area contributed by atoms with Crippen molar-refractivity contribution in [1.82, 2.24) is 4.90 Å². The average Bonchev–Trinajstić information content (AvgIpc) is 2.86. The van der Waals surface area contributed by atoms with E-state index in [0.717, 1.165) is 6.08 Å². The number of fused-ring (bicyclic) bond motifs is 1. The van der Waals surface area contributed by atoms with E-state index in [9.17, 15) is 21.6 Å². The third-order valence-corrected chi connectivity index (χ3v) is 8.05. The van der Waals surface area contributed by atoms with Gasteiger partial charge in [0.05, 0.1) is 22.3 Å². The van der Waals surface area contributed by atoms with Gasteiger partial charge < -0.3 is 15.4 Å². The first-order valence-corrected chi connectivity index (χ1v) is 13.6. The van der Waals surface area contributed by atoms with Gasteiger partial charge >= 0.3 is 6.18 Å². The number of alkyl halides is 3. The van der Waals surface area contributed by atoms with E-state index in [1.807, 2.05) is 26.0 Å². The van der Waals surface area contributed by atoms with Gasteiger partial charge in [-0.15, -0.1) is 0 Å². The Bertz CT molecular complexity index is 1390. The lowest BCUT2D eigenvalue weighted by atomic mass is 9.83. The summed E-state index contributed by atoms with van der Waals surface area (Å²) in [6.07, 6.45) is 3.70. The molecule has 1 aliphatic carbocycles. The molecule has 1 aliphatic heterocycles. The second-order valence-corrected chi connectivity index (χ2v) is 11.3. The SMILES string of the molecule is CC(C)N1C=CC(c2cccc(Oc3cccc(S(=O)(=O)CCCN)c3)c2)=C2C=CC=C(C(F)(F)F)C21. The first kappa shape index (κ1) is 26.8. The highest BCUT2D eigenvalue weighted by atomic mass is 32.2. The third-order valence-electron chi connectivity index (χ3n) is 6.25. The van der Waals surface area contributed by atoms with E-state index >= 15 is 0 Å². The average molecular weight is 531 g/mol. The fourth-order valence-electron chi connectivity index (χ4n) is 4.47. The first-order valence-electron chi connectivity index (χ1n) is 12.0. The largest absolute Gasteiger partial charge is 0.457 e. The van der Waals surface area contributed by atoms with Crippen LogP contribution in [0.25, 0.3) is 5.57 Å². The molecule has 196 valence electrons. The van der Waals surface area contributed by atoms with Gasteiger partial charge in [-0.05, 0) is 79.9 Å². The van der Waals surface area contributed by atoms with Crippen molar-refractivity contribution < 1.29 is 26.3 Å². The van der Waals surface area contributed by atoms with Gasteiger partial charge in [0, 0.05) is 12.2 Å². The van der Waals surface area contributed by atoms with Gasteiger partial charge in [0.15, 0.2) is 9.84 Å². The highest BCUT2D eigenvalue weighted by Crippen LogP contribution is 2.42. The molecule has 0 saturated carbocycles. The van der Waals surface area contributed by atoms with Crippen molar-refractivity contribution in [3.63, 3.8) is 0 Å². The minimum atomic E-state index is -4.47. The Morgan fingerprint density at radius 2 is 1.76 bits per heavy atom. The van der Waals surface area contributed by atoms with Crippen molar-refractivity contribution in [2.75, 3.05) is 12.3 Å². The molecule has 0 fully saturated rings. The molecule has 0 radical (unpaired) electrons. The Labute approximate surface area is 215 Å². The quantitative estimate of drug-likeness (QED) is 0.452. The van der Waals surface area contributed by atoms with Crippen LogP contribution in [-0.4, -0.2) is 43.9 Å². The molecule has 1 unspecified atom stereocenters. The summed E-state index contributed by atoms with van der Waals surface area (Å²) in [5.41, 5.74) is 6.75. The molecule has 2 N–H and O–H groups in total. The van der Waals surface area contributed by atoms with Crippen molar-refractivity contribution in [2.45, 2.75) is 43.4 Å². The number of nitrogens with two attached hydrogens (primary N) is 1. The van der Waals surface area contributed by atoms with Crippen LogP contribution in [0, 0.1) is 0 Å². The third kappa shape index (κ3) is 5.83. The summed E-state index contributed by atoms with van der Waals surface area (Å²) in [5.74, 6) is 0.721. The molecule has 2 aromatic rings. The van der Waals surface area contributed by atoms with Gasteiger partial charge in [-0.3, -0.25) is 0 Å². The highest BCUT2D eigenvalue weighted by Gasteiger charge is 2.44. The number of ether oxygens (including phenoxy) is 1. The Morgan fingerprint density at radius 1 is 1.05 bits per heavy atom. The smallest absolute Gasteiger partial charge is 0.415 e. The Hall–Kier alpha value is -3.30. The maximum Gasteiger partial charge on any atom is 0.415 e. The summed E-state index contributed by atoms with van der Waals surface area (Å²) in [6, 6.07) is 12.2. The molecule has 2 aromatic carbocycles. The zero-order chi connectivity index (χ0) is 26.8. The predicted octanol–water partition coefficient (Wildman–Crippen LogP) is 6.02. The van der Waals surface area contributed by atoms with Crippen LogP contribution in [0.3, 0.4) is 0 Å². The van der Waals surface area contributed by atoms with Crippen LogP contribution in [-0.2, 0) is 9.84 Å². The minimum Gasteiger partial charge on any atom is -0.457 e. The Balaban J connectivity index is 1.67. The van der Waals surface area contributed by atoms with Crippen LogP contribution in [0.4, 0.5) is 13.2 Å². The van der Waals surface area contributed by atoms with Crippen molar-refractivity contribution in [1.29, 1.82) is 0 Å². The van der Waals surface area contributed by atoms with Gasteiger partial charge in [0.2, 0.25) is 0 Å². The number of sulfone groups is 1. The number of rotatable bonds is 8. The van der Waals surface area contributed by atoms with Crippen molar-refractivity contribution >= 4 is 15.4 Å². The van der Waals surface area contributed by atoms with Crippen LogP contribution in [0.5, 0.6) is 11.5 Å². The molecule has 5 nitrogen and oxygen atoms in total. The number of halogens is 3. The summed E-state index contributed by atoms with van der Waals surface area (Å²) in [5, 5.41) is 0. The molecule has 0 saturated heterocycles. The van der Waals surface area contributed by atoms with E-state index in [-0.39, 0.29) is 23.2 Å². The predicted molar refractivity (Wildman–Crippen MR) is 139 cm³/mol. The minimum absolute atomic E-state index is 0.0534. The van der Waals surface area contributed by atoms with E-state index in [1.165, 1.54) is 18.2 Å². The van der Waals surface area contributed by atoms with Crippen LogP contribution in [0.1, 0.15) is 25.8 Å².